The van der Waals surface area contributed by atoms with E-state index in [2.05, 4.69) is 9.97 Å². The van der Waals surface area contributed by atoms with Crippen LogP contribution in [0.15, 0.2) is 41.6 Å². The van der Waals surface area contributed by atoms with Crippen molar-refractivity contribution in [3.63, 3.8) is 0 Å². The maximum Gasteiger partial charge on any atom is 0.263 e. The van der Waals surface area contributed by atoms with Gasteiger partial charge in [-0.1, -0.05) is 6.07 Å². The number of amides is 1. The highest BCUT2D eigenvalue weighted by molar-refractivity contribution is 5.95. The van der Waals surface area contributed by atoms with Gasteiger partial charge in [-0.05, 0) is 42.7 Å². The molecule has 0 fully saturated rings. The predicted octanol–water partition coefficient (Wildman–Crippen LogP) is 2.34. The fraction of sp³-hybridized carbons (Fsp3) is 0.348. The van der Waals surface area contributed by atoms with Crippen molar-refractivity contribution in [3.8, 4) is 11.5 Å². The minimum absolute atomic E-state index is 0.233. The van der Waals surface area contributed by atoms with Crippen molar-refractivity contribution in [1.29, 1.82) is 0 Å². The molecule has 0 radical (unpaired) electrons. The average Bonchev–Trinajstić information content (AvgIpc) is 3.26. The van der Waals surface area contributed by atoms with Crippen molar-refractivity contribution >= 4 is 5.91 Å². The Morgan fingerprint density at radius 3 is 2.77 bits per heavy atom. The van der Waals surface area contributed by atoms with Crippen LogP contribution in [0.5, 0.6) is 11.5 Å². The number of nitrogens with one attached hydrogen (secondary N) is 1. The Kier molecular flexibility index (Phi) is 5.79. The lowest BCUT2D eigenvalue weighted by atomic mass is 10.1. The van der Waals surface area contributed by atoms with Gasteiger partial charge in [-0.2, -0.15) is 0 Å². The third kappa shape index (κ3) is 4.05. The highest BCUT2D eigenvalue weighted by Crippen LogP contribution is 2.27. The van der Waals surface area contributed by atoms with Gasteiger partial charge in [0.2, 0.25) is 0 Å². The quantitative estimate of drug-likeness (QED) is 0.659. The van der Waals surface area contributed by atoms with Crippen molar-refractivity contribution in [2.24, 2.45) is 0 Å². The summed E-state index contributed by atoms with van der Waals surface area (Å²) < 4.78 is 12.2. The van der Waals surface area contributed by atoms with Gasteiger partial charge in [-0.25, -0.2) is 4.98 Å². The van der Waals surface area contributed by atoms with Crippen LogP contribution in [0.2, 0.25) is 0 Å². The molecule has 8 heteroatoms. The molecule has 162 valence electrons. The first-order valence-electron chi connectivity index (χ1n) is 10.2. The van der Waals surface area contributed by atoms with Gasteiger partial charge in [-0.15, -0.1) is 0 Å². The summed E-state index contributed by atoms with van der Waals surface area (Å²) in [6, 6.07) is 7.53. The first kappa shape index (κ1) is 20.7. The van der Waals surface area contributed by atoms with Crippen molar-refractivity contribution < 1.29 is 14.3 Å². The van der Waals surface area contributed by atoms with E-state index < -0.39 is 0 Å². The van der Waals surface area contributed by atoms with Crippen LogP contribution in [0, 0.1) is 6.92 Å². The number of H-pyrrole nitrogens is 1. The van der Waals surface area contributed by atoms with E-state index in [4.69, 9.17) is 9.47 Å². The molecule has 8 nitrogen and oxygen atoms in total. The molecule has 0 saturated carbocycles. The molecule has 3 heterocycles. The molecule has 2 aromatic heterocycles. The maximum absolute atomic E-state index is 13.2. The lowest BCUT2D eigenvalue weighted by Gasteiger charge is -2.26. The summed E-state index contributed by atoms with van der Waals surface area (Å²) in [7, 11) is 3.19. The van der Waals surface area contributed by atoms with E-state index in [9.17, 15) is 9.59 Å². The molecule has 3 aromatic rings. The van der Waals surface area contributed by atoms with Crippen LogP contribution in [-0.2, 0) is 25.9 Å². The number of aromatic amines is 1. The zero-order valence-corrected chi connectivity index (χ0v) is 18.0. The Hall–Kier alpha value is -3.55. The lowest BCUT2D eigenvalue weighted by Crippen LogP contribution is -2.40. The number of imidazole rings is 1. The molecule has 1 aliphatic rings. The van der Waals surface area contributed by atoms with E-state index in [1.165, 1.54) is 0 Å². The van der Waals surface area contributed by atoms with Gasteiger partial charge in [0.1, 0.15) is 5.56 Å². The largest absolute Gasteiger partial charge is 0.493 e. The van der Waals surface area contributed by atoms with Crippen molar-refractivity contribution in [1.82, 2.24) is 19.4 Å². The zero-order chi connectivity index (χ0) is 22.0. The number of hydrogen-bond acceptors (Lipinski definition) is 5. The lowest BCUT2D eigenvalue weighted by molar-refractivity contribution is 0.0728. The molecule has 0 atom stereocenters. The van der Waals surface area contributed by atoms with Crippen LogP contribution in [-0.4, -0.2) is 46.1 Å². The number of benzene rings is 1. The summed E-state index contributed by atoms with van der Waals surface area (Å²) in [5.74, 6) is 1.08. The average molecular weight is 422 g/mol. The number of carbonyl (C=O) groups excluding carboxylic acids is 1. The third-order valence-corrected chi connectivity index (χ3v) is 5.74. The van der Waals surface area contributed by atoms with Crippen LogP contribution in [0.25, 0.3) is 0 Å². The molecule has 0 saturated heterocycles. The molecule has 1 N–H and O–H groups in total. The topological polar surface area (TPSA) is 89.5 Å². The minimum Gasteiger partial charge on any atom is -0.493 e. The van der Waals surface area contributed by atoms with Crippen LogP contribution >= 0.6 is 0 Å². The number of hydrogen-bond donors (Lipinski definition) is 1. The number of rotatable bonds is 6. The Labute approximate surface area is 180 Å². The molecule has 1 amide bonds. The summed E-state index contributed by atoms with van der Waals surface area (Å²) in [6.45, 7) is 3.25. The number of pyridine rings is 1. The standard InChI is InChI=1S/C23H26N4O4/c1-15-6-9-26(10-7-16-4-5-19(30-2)20(12-16)31-3)22(28)21(15)23(29)27-11-8-17-18(13-27)25-14-24-17/h4-6,9,12,14H,7-8,10-11,13H2,1-3H3,(H,24,25). The summed E-state index contributed by atoms with van der Waals surface area (Å²) in [6.07, 6.45) is 4.70. The molecule has 1 aromatic carbocycles. The van der Waals surface area contributed by atoms with Gasteiger partial charge in [0.15, 0.2) is 11.5 Å². The second kappa shape index (κ2) is 8.67. The van der Waals surface area contributed by atoms with Crippen molar-refractivity contribution in [3.05, 3.63) is 75.2 Å². The Morgan fingerprint density at radius 1 is 1.19 bits per heavy atom. The van der Waals surface area contributed by atoms with Crippen LogP contribution in [0.1, 0.15) is 32.9 Å². The van der Waals surface area contributed by atoms with Gasteiger partial charge in [0.05, 0.1) is 38.5 Å². The van der Waals surface area contributed by atoms with Gasteiger partial charge in [-0.3, -0.25) is 9.59 Å². The number of fused-ring (bicyclic) bond motifs is 1. The van der Waals surface area contributed by atoms with E-state index in [0.29, 0.717) is 49.5 Å². The third-order valence-electron chi connectivity index (χ3n) is 5.74. The Morgan fingerprint density at radius 2 is 2.00 bits per heavy atom. The molecule has 1 aliphatic heterocycles. The normalized spacial score (nSPS) is 13.1. The Bertz CT molecular complexity index is 1160. The van der Waals surface area contributed by atoms with Crippen LogP contribution in [0.4, 0.5) is 0 Å². The minimum atomic E-state index is -0.263. The zero-order valence-electron chi connectivity index (χ0n) is 18.0. The molecule has 4 rings (SSSR count). The SMILES string of the molecule is COc1ccc(CCn2ccc(C)c(C(=O)N3CCc4nc[nH]c4C3)c2=O)cc1OC. The summed E-state index contributed by atoms with van der Waals surface area (Å²) in [5, 5.41) is 0. The number of nitrogens with zero attached hydrogens (tertiary/aromatic N) is 3. The molecular formula is C23H26N4O4. The molecule has 31 heavy (non-hydrogen) atoms. The van der Waals surface area contributed by atoms with E-state index in [1.54, 1.807) is 43.1 Å². The van der Waals surface area contributed by atoms with E-state index >= 15 is 0 Å². The summed E-state index contributed by atoms with van der Waals surface area (Å²) in [5.41, 5.74) is 3.59. The first-order chi connectivity index (χ1) is 15.0. The summed E-state index contributed by atoms with van der Waals surface area (Å²) in [4.78, 5) is 35.4. The number of ether oxygens (including phenoxy) is 2. The second-order valence-electron chi connectivity index (χ2n) is 7.62. The molecule has 0 aliphatic carbocycles. The van der Waals surface area contributed by atoms with Crippen molar-refractivity contribution in [2.75, 3.05) is 20.8 Å². The number of carbonyl (C=O) groups is 1. The number of aryl methyl sites for hydroxylation is 3. The van der Waals surface area contributed by atoms with Gasteiger partial charge < -0.3 is 23.9 Å². The van der Waals surface area contributed by atoms with E-state index in [0.717, 1.165) is 17.0 Å². The molecular weight excluding hydrogens is 396 g/mol. The first-order valence-corrected chi connectivity index (χ1v) is 10.2. The maximum atomic E-state index is 13.2. The Balaban J connectivity index is 1.54. The fourth-order valence-electron chi connectivity index (χ4n) is 3.93. The predicted molar refractivity (Wildman–Crippen MR) is 116 cm³/mol. The number of aromatic nitrogens is 3. The van der Waals surface area contributed by atoms with Crippen molar-refractivity contribution in [2.45, 2.75) is 32.9 Å². The smallest absolute Gasteiger partial charge is 0.263 e. The van der Waals surface area contributed by atoms with Gasteiger partial charge >= 0.3 is 0 Å². The molecule has 0 unspecified atom stereocenters. The monoisotopic (exact) mass is 422 g/mol. The van der Waals surface area contributed by atoms with Crippen LogP contribution < -0.4 is 15.0 Å². The highest BCUT2D eigenvalue weighted by Gasteiger charge is 2.26. The van der Waals surface area contributed by atoms with E-state index in [1.807, 2.05) is 24.3 Å². The molecule has 0 spiro atoms. The second-order valence-corrected chi connectivity index (χ2v) is 7.62. The van der Waals surface area contributed by atoms with E-state index in [-0.39, 0.29) is 17.0 Å². The molecule has 0 bridgehead atoms. The fourth-order valence-corrected chi connectivity index (χ4v) is 3.93. The summed E-state index contributed by atoms with van der Waals surface area (Å²) >= 11 is 0. The van der Waals surface area contributed by atoms with Gasteiger partial charge in [0.25, 0.3) is 11.5 Å². The van der Waals surface area contributed by atoms with Crippen LogP contribution in [0.3, 0.4) is 0 Å². The highest BCUT2D eigenvalue weighted by atomic mass is 16.5. The van der Waals surface area contributed by atoms with Gasteiger partial charge in [0, 0.05) is 25.7 Å². The number of methoxy groups -OCH3 is 2.